The van der Waals surface area contributed by atoms with E-state index in [1.165, 1.54) is 19.3 Å². The van der Waals surface area contributed by atoms with Crippen molar-refractivity contribution in [1.29, 1.82) is 0 Å². The van der Waals surface area contributed by atoms with Crippen LogP contribution in [0.5, 0.6) is 0 Å². The van der Waals surface area contributed by atoms with Crippen LogP contribution in [-0.2, 0) is 0 Å². The molecule has 1 aliphatic rings. The van der Waals surface area contributed by atoms with Crippen LogP contribution in [0.15, 0.2) is 36.4 Å². The van der Waals surface area contributed by atoms with Crippen molar-refractivity contribution in [2.75, 3.05) is 18.8 Å². The van der Waals surface area contributed by atoms with E-state index in [-0.39, 0.29) is 5.91 Å². The summed E-state index contributed by atoms with van der Waals surface area (Å²) >= 11 is 0. The van der Waals surface area contributed by atoms with Crippen molar-refractivity contribution in [3.63, 3.8) is 0 Å². The zero-order chi connectivity index (χ0) is 14.8. The molecule has 0 spiro atoms. The highest BCUT2D eigenvalue weighted by Crippen LogP contribution is 2.28. The summed E-state index contributed by atoms with van der Waals surface area (Å²) in [5.41, 5.74) is 7.32. The first-order valence-corrected chi connectivity index (χ1v) is 7.76. The number of amides is 1. The standard InChI is InChI=1S/C18H22N2O/c1-2-20(12-13-6-5-7-13)18(21)16-10-14-8-3-4-9-15(14)11-17(16)19/h3-4,8-11,13H,2,5-7,12,19H2,1H3. The van der Waals surface area contributed by atoms with Gasteiger partial charge in [-0.2, -0.15) is 0 Å². The average Bonchev–Trinajstić information content (AvgIpc) is 2.45. The van der Waals surface area contributed by atoms with Gasteiger partial charge in [0.05, 0.1) is 5.56 Å². The molecule has 0 saturated heterocycles. The van der Waals surface area contributed by atoms with Crippen LogP contribution in [0, 0.1) is 5.92 Å². The van der Waals surface area contributed by atoms with Crippen molar-refractivity contribution in [2.45, 2.75) is 26.2 Å². The molecule has 0 bridgehead atoms. The predicted molar refractivity (Wildman–Crippen MR) is 87.3 cm³/mol. The smallest absolute Gasteiger partial charge is 0.255 e. The molecule has 3 nitrogen and oxygen atoms in total. The van der Waals surface area contributed by atoms with Gasteiger partial charge in [-0.15, -0.1) is 0 Å². The van der Waals surface area contributed by atoms with Crippen molar-refractivity contribution < 1.29 is 4.79 Å². The molecule has 1 aliphatic carbocycles. The third-order valence-corrected chi connectivity index (χ3v) is 4.52. The van der Waals surface area contributed by atoms with Crippen molar-refractivity contribution in [3.8, 4) is 0 Å². The minimum absolute atomic E-state index is 0.0626. The number of nitrogen functional groups attached to an aromatic ring is 1. The zero-order valence-corrected chi connectivity index (χ0v) is 12.5. The van der Waals surface area contributed by atoms with E-state index < -0.39 is 0 Å². The number of nitrogens with two attached hydrogens (primary N) is 1. The SMILES string of the molecule is CCN(CC1CCC1)C(=O)c1cc2ccccc2cc1N. The molecule has 0 heterocycles. The van der Waals surface area contributed by atoms with Crippen LogP contribution < -0.4 is 5.73 Å². The number of anilines is 1. The molecule has 0 unspecified atom stereocenters. The summed E-state index contributed by atoms with van der Waals surface area (Å²) in [7, 11) is 0. The van der Waals surface area contributed by atoms with Gasteiger partial charge >= 0.3 is 0 Å². The van der Waals surface area contributed by atoms with E-state index in [1.54, 1.807) is 0 Å². The van der Waals surface area contributed by atoms with E-state index in [2.05, 4.69) is 0 Å². The van der Waals surface area contributed by atoms with Gasteiger partial charge in [0.15, 0.2) is 0 Å². The summed E-state index contributed by atoms with van der Waals surface area (Å²) < 4.78 is 0. The maximum absolute atomic E-state index is 12.8. The monoisotopic (exact) mass is 282 g/mol. The maximum atomic E-state index is 12.8. The third-order valence-electron chi connectivity index (χ3n) is 4.52. The lowest BCUT2D eigenvalue weighted by atomic mass is 9.85. The Morgan fingerprint density at radius 1 is 1.24 bits per heavy atom. The first-order valence-electron chi connectivity index (χ1n) is 7.76. The third kappa shape index (κ3) is 2.73. The predicted octanol–water partition coefficient (Wildman–Crippen LogP) is 3.68. The van der Waals surface area contributed by atoms with Crippen LogP contribution in [0.25, 0.3) is 10.8 Å². The van der Waals surface area contributed by atoms with Crippen molar-refractivity contribution in [3.05, 3.63) is 42.0 Å². The van der Waals surface area contributed by atoms with E-state index >= 15 is 0 Å². The van der Waals surface area contributed by atoms with Crippen LogP contribution in [0.3, 0.4) is 0 Å². The van der Waals surface area contributed by atoms with E-state index in [9.17, 15) is 4.79 Å². The quantitative estimate of drug-likeness (QED) is 0.869. The number of hydrogen-bond donors (Lipinski definition) is 1. The lowest BCUT2D eigenvalue weighted by molar-refractivity contribution is 0.0707. The molecule has 1 fully saturated rings. The molecule has 0 aliphatic heterocycles. The first-order chi connectivity index (χ1) is 10.2. The second-order valence-corrected chi connectivity index (χ2v) is 5.93. The lowest BCUT2D eigenvalue weighted by Gasteiger charge is -2.32. The molecule has 0 radical (unpaired) electrons. The van der Waals surface area contributed by atoms with Gasteiger partial charge in [-0.1, -0.05) is 30.7 Å². The normalized spacial score (nSPS) is 14.9. The van der Waals surface area contributed by atoms with Crippen LogP contribution in [0.4, 0.5) is 5.69 Å². The fourth-order valence-corrected chi connectivity index (χ4v) is 2.96. The Kier molecular flexibility index (Phi) is 3.82. The van der Waals surface area contributed by atoms with E-state index in [1.807, 2.05) is 48.2 Å². The summed E-state index contributed by atoms with van der Waals surface area (Å²) in [4.78, 5) is 14.7. The lowest BCUT2D eigenvalue weighted by Crippen LogP contribution is -2.37. The highest BCUT2D eigenvalue weighted by Gasteiger charge is 2.24. The number of fused-ring (bicyclic) bond motifs is 1. The van der Waals surface area contributed by atoms with Gasteiger partial charge in [0, 0.05) is 18.8 Å². The van der Waals surface area contributed by atoms with Crippen LogP contribution in [0.2, 0.25) is 0 Å². The molecule has 1 saturated carbocycles. The zero-order valence-electron chi connectivity index (χ0n) is 12.5. The summed E-state index contributed by atoms with van der Waals surface area (Å²) in [5.74, 6) is 0.739. The Hall–Kier alpha value is -2.03. The fourth-order valence-electron chi connectivity index (χ4n) is 2.96. The summed E-state index contributed by atoms with van der Waals surface area (Å²) in [6.07, 6.45) is 3.79. The Morgan fingerprint density at radius 3 is 2.48 bits per heavy atom. The molecule has 2 N–H and O–H groups in total. The van der Waals surface area contributed by atoms with Gasteiger partial charge in [0.2, 0.25) is 0 Å². The van der Waals surface area contributed by atoms with E-state index in [0.29, 0.717) is 17.2 Å². The van der Waals surface area contributed by atoms with Crippen LogP contribution in [-0.4, -0.2) is 23.9 Å². The Labute approximate surface area is 125 Å². The van der Waals surface area contributed by atoms with Gasteiger partial charge in [0.25, 0.3) is 5.91 Å². The topological polar surface area (TPSA) is 46.3 Å². The van der Waals surface area contributed by atoms with Gasteiger partial charge < -0.3 is 10.6 Å². The Bertz CT molecular complexity index is 661. The number of hydrogen-bond acceptors (Lipinski definition) is 2. The number of benzene rings is 2. The minimum atomic E-state index is 0.0626. The number of rotatable bonds is 4. The van der Waals surface area contributed by atoms with Gasteiger partial charge in [0.1, 0.15) is 0 Å². The van der Waals surface area contributed by atoms with Crippen molar-refractivity contribution in [2.24, 2.45) is 5.92 Å². The second kappa shape index (κ2) is 5.76. The van der Waals surface area contributed by atoms with Gasteiger partial charge in [-0.05, 0) is 48.6 Å². The minimum Gasteiger partial charge on any atom is -0.398 e. The molecular formula is C18H22N2O. The average molecular weight is 282 g/mol. The van der Waals surface area contributed by atoms with Crippen LogP contribution in [0.1, 0.15) is 36.5 Å². The summed E-state index contributed by atoms with van der Waals surface area (Å²) in [6.45, 7) is 3.64. The molecule has 3 rings (SSSR count). The molecule has 21 heavy (non-hydrogen) atoms. The van der Waals surface area contributed by atoms with Crippen molar-refractivity contribution in [1.82, 2.24) is 4.90 Å². The highest BCUT2D eigenvalue weighted by atomic mass is 16.2. The molecule has 2 aromatic carbocycles. The fraction of sp³-hybridized carbons (Fsp3) is 0.389. The first kappa shape index (κ1) is 13.9. The molecule has 110 valence electrons. The largest absolute Gasteiger partial charge is 0.398 e. The summed E-state index contributed by atoms with van der Waals surface area (Å²) in [5, 5.41) is 2.14. The maximum Gasteiger partial charge on any atom is 0.255 e. The van der Waals surface area contributed by atoms with E-state index in [0.717, 1.165) is 23.9 Å². The van der Waals surface area contributed by atoms with Gasteiger partial charge in [-0.25, -0.2) is 0 Å². The molecule has 0 aromatic heterocycles. The van der Waals surface area contributed by atoms with Gasteiger partial charge in [-0.3, -0.25) is 4.79 Å². The molecular weight excluding hydrogens is 260 g/mol. The molecule has 3 heteroatoms. The highest BCUT2D eigenvalue weighted by molar-refractivity contribution is 6.03. The van der Waals surface area contributed by atoms with E-state index in [4.69, 9.17) is 5.73 Å². The molecule has 1 amide bonds. The van der Waals surface area contributed by atoms with Crippen LogP contribution >= 0.6 is 0 Å². The Balaban J connectivity index is 1.90. The Morgan fingerprint density at radius 2 is 1.90 bits per heavy atom. The molecule has 0 atom stereocenters. The number of carbonyl (C=O) groups excluding carboxylic acids is 1. The van der Waals surface area contributed by atoms with Crippen molar-refractivity contribution >= 4 is 22.4 Å². The molecule has 2 aromatic rings. The number of carbonyl (C=O) groups is 1. The second-order valence-electron chi connectivity index (χ2n) is 5.93. The summed E-state index contributed by atoms with van der Waals surface area (Å²) in [6, 6.07) is 11.8. The number of nitrogens with zero attached hydrogens (tertiary/aromatic N) is 1.